The van der Waals surface area contributed by atoms with Crippen LogP contribution in [0.2, 0.25) is 0 Å². The first-order valence-electron chi connectivity index (χ1n) is 6.98. The van der Waals surface area contributed by atoms with Crippen LogP contribution in [0.25, 0.3) is 0 Å². The summed E-state index contributed by atoms with van der Waals surface area (Å²) in [5, 5.41) is 8.90. The third kappa shape index (κ3) is 3.51. The minimum Gasteiger partial charge on any atom is -0.491 e. The second-order valence-corrected chi connectivity index (χ2v) is 6.22. The third-order valence-electron chi connectivity index (χ3n) is 3.50. The molecule has 0 saturated carbocycles. The summed E-state index contributed by atoms with van der Waals surface area (Å²) in [6.07, 6.45) is 0.476. The van der Waals surface area contributed by atoms with Crippen LogP contribution in [-0.2, 0) is 14.9 Å². The van der Waals surface area contributed by atoms with Crippen LogP contribution >= 0.6 is 0 Å². The molecule has 0 bridgehead atoms. The summed E-state index contributed by atoms with van der Waals surface area (Å²) in [5.74, 6) is -0.0371. The van der Waals surface area contributed by atoms with Crippen LogP contribution in [0, 0.1) is 0 Å². The molecule has 1 aliphatic rings. The zero-order valence-corrected chi connectivity index (χ0v) is 12.3. The molecule has 0 aliphatic carbocycles. The number of carboxylic acid groups (broad SMARTS) is 1. The molecule has 20 heavy (non-hydrogen) atoms. The average Bonchev–Trinajstić information content (AvgIpc) is 2.84. The molecule has 2 unspecified atom stereocenters. The molecule has 1 aromatic rings. The van der Waals surface area contributed by atoms with Crippen LogP contribution in [0.5, 0.6) is 5.75 Å². The van der Waals surface area contributed by atoms with Gasteiger partial charge >= 0.3 is 5.97 Å². The number of carbonyl (C=O) groups is 1. The topological polar surface area (TPSA) is 55.8 Å². The highest BCUT2D eigenvalue weighted by Crippen LogP contribution is 2.31. The summed E-state index contributed by atoms with van der Waals surface area (Å²) in [5.41, 5.74) is 1.16. The number of para-hydroxylation sites is 1. The maximum absolute atomic E-state index is 10.8. The van der Waals surface area contributed by atoms with E-state index >= 15 is 0 Å². The zero-order chi connectivity index (χ0) is 14.8. The molecule has 4 heteroatoms. The summed E-state index contributed by atoms with van der Waals surface area (Å²) < 4.78 is 11.3. The van der Waals surface area contributed by atoms with Gasteiger partial charge in [-0.05, 0) is 29.9 Å². The molecule has 2 rings (SSSR count). The lowest BCUT2D eigenvalue weighted by Gasteiger charge is -2.23. The Hall–Kier alpha value is -1.55. The number of benzene rings is 1. The normalized spacial score (nSPS) is 22.8. The summed E-state index contributed by atoms with van der Waals surface area (Å²) in [7, 11) is 0. The van der Waals surface area contributed by atoms with E-state index in [1.54, 1.807) is 0 Å². The number of rotatable bonds is 4. The lowest BCUT2D eigenvalue weighted by Crippen LogP contribution is -2.24. The molecule has 110 valence electrons. The maximum atomic E-state index is 10.8. The molecule has 4 nitrogen and oxygen atoms in total. The molecule has 0 spiro atoms. The Morgan fingerprint density at radius 2 is 2.05 bits per heavy atom. The standard InChI is InChI=1S/C16H22O4/c1-16(2,3)12-6-4-5-7-13(12)19-10-11-8-9-14(20-11)15(17)18/h4-7,11,14H,8-10H2,1-3H3,(H,17,18). The van der Waals surface area contributed by atoms with Crippen LogP contribution in [-0.4, -0.2) is 29.9 Å². The highest BCUT2D eigenvalue weighted by atomic mass is 16.6. The van der Waals surface area contributed by atoms with E-state index in [4.69, 9.17) is 14.6 Å². The van der Waals surface area contributed by atoms with Gasteiger partial charge < -0.3 is 14.6 Å². The van der Waals surface area contributed by atoms with E-state index < -0.39 is 12.1 Å². The van der Waals surface area contributed by atoms with Crippen LogP contribution in [0.4, 0.5) is 0 Å². The van der Waals surface area contributed by atoms with Crippen molar-refractivity contribution in [1.29, 1.82) is 0 Å². The molecule has 0 radical (unpaired) electrons. The van der Waals surface area contributed by atoms with Crippen molar-refractivity contribution in [3.63, 3.8) is 0 Å². The Morgan fingerprint density at radius 3 is 2.65 bits per heavy atom. The molecule has 1 N–H and O–H groups in total. The van der Waals surface area contributed by atoms with Gasteiger partial charge in [0.2, 0.25) is 0 Å². The fraction of sp³-hybridized carbons (Fsp3) is 0.562. The fourth-order valence-electron chi connectivity index (χ4n) is 2.40. The summed E-state index contributed by atoms with van der Waals surface area (Å²) in [4.78, 5) is 10.8. The molecule has 2 atom stereocenters. The number of hydrogen-bond donors (Lipinski definition) is 1. The van der Waals surface area contributed by atoms with Gasteiger partial charge in [0.25, 0.3) is 0 Å². The van der Waals surface area contributed by atoms with Gasteiger partial charge in [0.05, 0.1) is 6.10 Å². The lowest BCUT2D eigenvalue weighted by molar-refractivity contribution is -0.149. The zero-order valence-electron chi connectivity index (χ0n) is 12.3. The predicted molar refractivity (Wildman–Crippen MR) is 76.2 cm³/mol. The minimum absolute atomic E-state index is 0.0106. The largest absolute Gasteiger partial charge is 0.491 e. The van der Waals surface area contributed by atoms with E-state index in [0.717, 1.165) is 17.7 Å². The van der Waals surface area contributed by atoms with Crippen molar-refractivity contribution in [2.24, 2.45) is 0 Å². The van der Waals surface area contributed by atoms with Crippen LogP contribution in [0.1, 0.15) is 39.2 Å². The van der Waals surface area contributed by atoms with E-state index in [0.29, 0.717) is 13.0 Å². The molecule has 1 aromatic carbocycles. The van der Waals surface area contributed by atoms with Gasteiger partial charge in [-0.25, -0.2) is 4.79 Å². The number of ether oxygens (including phenoxy) is 2. The van der Waals surface area contributed by atoms with Crippen molar-refractivity contribution in [3.05, 3.63) is 29.8 Å². The van der Waals surface area contributed by atoms with Gasteiger partial charge in [-0.3, -0.25) is 0 Å². The smallest absolute Gasteiger partial charge is 0.332 e. The second kappa shape index (κ2) is 5.83. The Morgan fingerprint density at radius 1 is 1.35 bits per heavy atom. The Bertz CT molecular complexity index is 476. The lowest BCUT2D eigenvalue weighted by atomic mass is 9.86. The first-order valence-corrected chi connectivity index (χ1v) is 6.98. The van der Waals surface area contributed by atoms with Crippen molar-refractivity contribution in [3.8, 4) is 5.75 Å². The Kier molecular flexibility index (Phi) is 4.33. The van der Waals surface area contributed by atoms with Crippen molar-refractivity contribution < 1.29 is 19.4 Å². The monoisotopic (exact) mass is 278 g/mol. The summed E-state index contributed by atoms with van der Waals surface area (Å²) in [6.45, 7) is 6.82. The highest BCUT2D eigenvalue weighted by molar-refractivity contribution is 5.72. The molecule has 1 saturated heterocycles. The maximum Gasteiger partial charge on any atom is 0.332 e. The van der Waals surface area contributed by atoms with E-state index in [2.05, 4.69) is 26.8 Å². The van der Waals surface area contributed by atoms with Crippen molar-refractivity contribution in [2.45, 2.75) is 51.2 Å². The number of carboxylic acids is 1. The average molecular weight is 278 g/mol. The van der Waals surface area contributed by atoms with Gasteiger partial charge in [0.1, 0.15) is 12.4 Å². The second-order valence-electron chi connectivity index (χ2n) is 6.22. The Labute approximate surface area is 119 Å². The SMILES string of the molecule is CC(C)(C)c1ccccc1OCC1CCC(C(=O)O)O1. The Balaban J connectivity index is 1.97. The van der Waals surface area contributed by atoms with Gasteiger partial charge in [-0.15, -0.1) is 0 Å². The van der Waals surface area contributed by atoms with Crippen molar-refractivity contribution in [1.82, 2.24) is 0 Å². The summed E-state index contributed by atoms with van der Waals surface area (Å²) in [6, 6.07) is 7.95. The van der Waals surface area contributed by atoms with Gasteiger partial charge in [0, 0.05) is 0 Å². The molecule has 1 heterocycles. The van der Waals surface area contributed by atoms with E-state index in [1.807, 2.05) is 18.2 Å². The van der Waals surface area contributed by atoms with E-state index in [-0.39, 0.29) is 11.5 Å². The first kappa shape index (κ1) is 14.9. The molecule has 1 aliphatic heterocycles. The highest BCUT2D eigenvalue weighted by Gasteiger charge is 2.31. The third-order valence-corrected chi connectivity index (χ3v) is 3.50. The molecule has 1 fully saturated rings. The predicted octanol–water partition coefficient (Wildman–Crippen LogP) is 3.00. The summed E-state index contributed by atoms with van der Waals surface area (Å²) >= 11 is 0. The van der Waals surface area contributed by atoms with Crippen LogP contribution in [0.3, 0.4) is 0 Å². The van der Waals surface area contributed by atoms with E-state index in [1.165, 1.54) is 0 Å². The van der Waals surface area contributed by atoms with Crippen LogP contribution in [0.15, 0.2) is 24.3 Å². The van der Waals surface area contributed by atoms with Gasteiger partial charge in [-0.2, -0.15) is 0 Å². The number of hydrogen-bond acceptors (Lipinski definition) is 3. The molecule has 0 aromatic heterocycles. The van der Waals surface area contributed by atoms with Gasteiger partial charge in [0.15, 0.2) is 6.10 Å². The minimum atomic E-state index is -0.886. The van der Waals surface area contributed by atoms with Crippen molar-refractivity contribution >= 4 is 5.97 Å². The fourth-order valence-corrected chi connectivity index (χ4v) is 2.40. The quantitative estimate of drug-likeness (QED) is 0.920. The number of aliphatic carboxylic acids is 1. The molecule has 0 amide bonds. The van der Waals surface area contributed by atoms with Gasteiger partial charge in [-0.1, -0.05) is 39.0 Å². The van der Waals surface area contributed by atoms with E-state index in [9.17, 15) is 4.79 Å². The molecular weight excluding hydrogens is 256 g/mol. The van der Waals surface area contributed by atoms with Crippen LogP contribution < -0.4 is 4.74 Å². The first-order chi connectivity index (χ1) is 9.38. The van der Waals surface area contributed by atoms with Crippen molar-refractivity contribution in [2.75, 3.05) is 6.61 Å². The molecular formula is C16H22O4.